The van der Waals surface area contributed by atoms with Crippen LogP contribution >= 0.6 is 23.5 Å². The van der Waals surface area contributed by atoms with Crippen molar-refractivity contribution in [2.75, 3.05) is 18.1 Å². The van der Waals surface area contributed by atoms with Crippen molar-refractivity contribution in [1.82, 2.24) is 0 Å². The molecule has 1 heterocycles. The SMILES string of the molecule is CC1(c2ccc(OCC=Cc3ccccc3)cc2)SCCS1. The summed E-state index contributed by atoms with van der Waals surface area (Å²) in [5.41, 5.74) is 2.58. The standard InChI is InChI=1S/C19H20OS2/c1-19(21-14-15-22-19)17-9-11-18(12-10-17)20-13-5-8-16-6-3-2-4-7-16/h2-12H,13-15H2,1H3. The van der Waals surface area contributed by atoms with E-state index in [0.717, 1.165) is 5.75 Å². The topological polar surface area (TPSA) is 9.23 Å². The second kappa shape index (κ2) is 7.30. The summed E-state index contributed by atoms with van der Waals surface area (Å²) in [6.07, 6.45) is 4.13. The molecule has 1 saturated heterocycles. The molecule has 3 heteroatoms. The van der Waals surface area contributed by atoms with Gasteiger partial charge in [0, 0.05) is 11.5 Å². The van der Waals surface area contributed by atoms with Gasteiger partial charge in [0.1, 0.15) is 12.4 Å². The normalized spacial score (nSPS) is 17.0. The summed E-state index contributed by atoms with van der Waals surface area (Å²) < 4.78 is 5.99. The lowest BCUT2D eigenvalue weighted by Crippen LogP contribution is -2.08. The van der Waals surface area contributed by atoms with Gasteiger partial charge in [-0.3, -0.25) is 0 Å². The molecule has 3 rings (SSSR count). The second-order valence-electron chi connectivity index (χ2n) is 5.29. The maximum atomic E-state index is 5.78. The van der Waals surface area contributed by atoms with Gasteiger partial charge in [-0.15, -0.1) is 23.5 Å². The molecule has 22 heavy (non-hydrogen) atoms. The predicted molar refractivity (Wildman–Crippen MR) is 99.7 cm³/mol. The predicted octanol–water partition coefficient (Wildman–Crippen LogP) is 5.43. The fraction of sp³-hybridized carbons (Fsp3) is 0.263. The van der Waals surface area contributed by atoms with Crippen LogP contribution in [0, 0.1) is 0 Å². The lowest BCUT2D eigenvalue weighted by Gasteiger charge is -2.22. The van der Waals surface area contributed by atoms with Gasteiger partial charge < -0.3 is 4.74 Å². The first-order chi connectivity index (χ1) is 10.8. The van der Waals surface area contributed by atoms with Gasteiger partial charge in [0.25, 0.3) is 0 Å². The third kappa shape index (κ3) is 3.90. The van der Waals surface area contributed by atoms with E-state index in [1.165, 1.54) is 22.6 Å². The van der Waals surface area contributed by atoms with Gasteiger partial charge >= 0.3 is 0 Å². The van der Waals surface area contributed by atoms with Crippen LogP contribution in [0.15, 0.2) is 60.7 Å². The lowest BCUT2D eigenvalue weighted by atomic mass is 10.1. The van der Waals surface area contributed by atoms with Crippen LogP contribution in [0.1, 0.15) is 18.1 Å². The Bertz CT molecular complexity index is 614. The van der Waals surface area contributed by atoms with Crippen LogP contribution in [-0.2, 0) is 4.08 Å². The molecule has 1 nitrogen and oxygen atoms in total. The zero-order valence-electron chi connectivity index (χ0n) is 12.7. The van der Waals surface area contributed by atoms with Crippen LogP contribution in [0.3, 0.4) is 0 Å². The molecule has 2 aromatic carbocycles. The van der Waals surface area contributed by atoms with Crippen molar-refractivity contribution in [1.29, 1.82) is 0 Å². The Hall–Kier alpha value is -1.32. The molecule has 0 amide bonds. The summed E-state index contributed by atoms with van der Waals surface area (Å²) in [6.45, 7) is 2.91. The molecule has 0 aromatic heterocycles. The van der Waals surface area contributed by atoms with Gasteiger partial charge in [0.15, 0.2) is 0 Å². The minimum absolute atomic E-state index is 0.214. The fourth-order valence-electron chi connectivity index (χ4n) is 2.43. The van der Waals surface area contributed by atoms with Gasteiger partial charge in [-0.1, -0.05) is 48.5 Å². The summed E-state index contributed by atoms with van der Waals surface area (Å²) in [5.74, 6) is 3.41. The third-order valence-corrected chi connectivity index (χ3v) is 7.03. The fourth-order valence-corrected chi connectivity index (χ4v) is 5.31. The zero-order valence-corrected chi connectivity index (χ0v) is 14.3. The molecule has 0 bridgehead atoms. The van der Waals surface area contributed by atoms with Crippen molar-refractivity contribution < 1.29 is 4.74 Å². The summed E-state index contributed by atoms with van der Waals surface area (Å²) in [7, 11) is 0. The number of benzene rings is 2. The number of rotatable bonds is 5. The summed E-state index contributed by atoms with van der Waals surface area (Å²) in [4.78, 5) is 0. The maximum Gasteiger partial charge on any atom is 0.119 e. The summed E-state index contributed by atoms with van der Waals surface area (Å²) in [6, 6.07) is 18.8. The number of hydrogen-bond acceptors (Lipinski definition) is 3. The van der Waals surface area contributed by atoms with E-state index >= 15 is 0 Å². The molecule has 0 spiro atoms. The molecule has 0 atom stereocenters. The molecule has 1 aliphatic rings. The van der Waals surface area contributed by atoms with Crippen molar-refractivity contribution >= 4 is 29.6 Å². The summed E-state index contributed by atoms with van der Waals surface area (Å²) in [5, 5.41) is 0. The molecule has 0 N–H and O–H groups in total. The van der Waals surface area contributed by atoms with Crippen molar-refractivity contribution in [3.05, 3.63) is 71.8 Å². The van der Waals surface area contributed by atoms with Crippen LogP contribution in [0.2, 0.25) is 0 Å². The van der Waals surface area contributed by atoms with Gasteiger partial charge in [-0.2, -0.15) is 0 Å². The van der Waals surface area contributed by atoms with E-state index in [1.807, 2.05) is 47.8 Å². The van der Waals surface area contributed by atoms with E-state index in [9.17, 15) is 0 Å². The average molecular weight is 329 g/mol. The van der Waals surface area contributed by atoms with E-state index in [0.29, 0.717) is 6.61 Å². The molecular weight excluding hydrogens is 308 g/mol. The molecule has 2 aromatic rings. The molecule has 0 unspecified atom stereocenters. The van der Waals surface area contributed by atoms with E-state index in [-0.39, 0.29) is 4.08 Å². The largest absolute Gasteiger partial charge is 0.490 e. The minimum atomic E-state index is 0.214. The number of hydrogen-bond donors (Lipinski definition) is 0. The first-order valence-electron chi connectivity index (χ1n) is 7.49. The first kappa shape index (κ1) is 15.6. The van der Waals surface area contributed by atoms with Gasteiger partial charge in [-0.25, -0.2) is 0 Å². The molecule has 1 aliphatic heterocycles. The highest BCUT2D eigenvalue weighted by Gasteiger charge is 2.31. The Morgan fingerprint density at radius 2 is 1.68 bits per heavy atom. The Labute approximate surface area is 141 Å². The second-order valence-corrected chi connectivity index (χ2v) is 8.58. The molecule has 0 radical (unpaired) electrons. The monoisotopic (exact) mass is 328 g/mol. The highest BCUT2D eigenvalue weighted by molar-refractivity contribution is 8.20. The molecule has 0 saturated carbocycles. The van der Waals surface area contributed by atoms with Gasteiger partial charge in [0.2, 0.25) is 0 Å². The Balaban J connectivity index is 1.54. The zero-order chi connectivity index (χ0) is 15.3. The maximum absolute atomic E-state index is 5.78. The summed E-state index contributed by atoms with van der Waals surface area (Å²) >= 11 is 4.07. The van der Waals surface area contributed by atoms with E-state index in [1.54, 1.807) is 0 Å². The van der Waals surface area contributed by atoms with Crippen LogP contribution in [0.5, 0.6) is 5.75 Å². The number of ether oxygens (including phenoxy) is 1. The average Bonchev–Trinajstić information content (AvgIpc) is 3.01. The van der Waals surface area contributed by atoms with E-state index < -0.39 is 0 Å². The highest BCUT2D eigenvalue weighted by atomic mass is 32.2. The number of thioether (sulfide) groups is 2. The molecule has 1 fully saturated rings. The van der Waals surface area contributed by atoms with Crippen molar-refractivity contribution in [3.8, 4) is 5.75 Å². The quantitative estimate of drug-likeness (QED) is 0.724. The van der Waals surface area contributed by atoms with Crippen LogP contribution in [0.25, 0.3) is 6.08 Å². The van der Waals surface area contributed by atoms with Gasteiger partial charge in [-0.05, 0) is 36.3 Å². The van der Waals surface area contributed by atoms with E-state index in [2.05, 4.69) is 49.4 Å². The van der Waals surface area contributed by atoms with Crippen LogP contribution < -0.4 is 4.74 Å². The first-order valence-corrected chi connectivity index (χ1v) is 9.46. The smallest absolute Gasteiger partial charge is 0.119 e. The molecular formula is C19H20OS2. The lowest BCUT2D eigenvalue weighted by molar-refractivity contribution is 0.363. The third-order valence-electron chi connectivity index (χ3n) is 3.67. The van der Waals surface area contributed by atoms with Crippen LogP contribution in [0.4, 0.5) is 0 Å². The molecule has 114 valence electrons. The van der Waals surface area contributed by atoms with Crippen LogP contribution in [-0.4, -0.2) is 18.1 Å². The van der Waals surface area contributed by atoms with Crippen molar-refractivity contribution in [2.24, 2.45) is 0 Å². The molecule has 0 aliphatic carbocycles. The Morgan fingerprint density at radius 1 is 1.00 bits per heavy atom. The van der Waals surface area contributed by atoms with Crippen molar-refractivity contribution in [3.63, 3.8) is 0 Å². The van der Waals surface area contributed by atoms with Crippen molar-refractivity contribution in [2.45, 2.75) is 11.0 Å². The Kier molecular flexibility index (Phi) is 5.16. The van der Waals surface area contributed by atoms with E-state index in [4.69, 9.17) is 4.74 Å². The van der Waals surface area contributed by atoms with Gasteiger partial charge in [0.05, 0.1) is 4.08 Å². The highest BCUT2D eigenvalue weighted by Crippen LogP contribution is 2.51. The minimum Gasteiger partial charge on any atom is -0.490 e. The Morgan fingerprint density at radius 3 is 2.36 bits per heavy atom.